The highest BCUT2D eigenvalue weighted by Crippen LogP contribution is 2.26. The van der Waals surface area contributed by atoms with Crippen LogP contribution in [-0.2, 0) is 13.1 Å². The molecule has 9 heteroatoms. The largest absolute Gasteiger partial charge is 0.492 e. The molecule has 34 heavy (non-hydrogen) atoms. The van der Waals surface area contributed by atoms with Gasteiger partial charge in [0.1, 0.15) is 18.5 Å². The number of hydrogen-bond acceptors (Lipinski definition) is 6. The van der Waals surface area contributed by atoms with Crippen molar-refractivity contribution >= 4 is 17.3 Å². The molecule has 0 spiro atoms. The van der Waals surface area contributed by atoms with Crippen LogP contribution in [0.15, 0.2) is 59.4 Å². The second-order valence-electron chi connectivity index (χ2n) is 8.49. The first-order valence-electron chi connectivity index (χ1n) is 11.8. The molecule has 1 aliphatic heterocycles. The second kappa shape index (κ2) is 11.6. The van der Waals surface area contributed by atoms with Gasteiger partial charge >= 0.3 is 5.69 Å². The third-order valence-corrected chi connectivity index (χ3v) is 6.38. The SMILES string of the molecule is CC(O)c1nn(CCCN2CCN(c3ccccc3Cl)CC2)c(=O)n1CCOc1ccccc1. The zero-order valence-electron chi connectivity index (χ0n) is 19.5. The average Bonchev–Trinajstić information content (AvgIpc) is 3.16. The number of aliphatic hydroxyl groups excluding tert-OH is 1. The zero-order valence-corrected chi connectivity index (χ0v) is 20.3. The molecule has 1 saturated heterocycles. The molecule has 0 amide bonds. The molecule has 8 nitrogen and oxygen atoms in total. The van der Waals surface area contributed by atoms with Crippen LogP contribution in [0, 0.1) is 0 Å². The summed E-state index contributed by atoms with van der Waals surface area (Å²) in [4.78, 5) is 17.6. The zero-order chi connectivity index (χ0) is 23.9. The summed E-state index contributed by atoms with van der Waals surface area (Å²) in [5.41, 5.74) is 0.874. The Hall–Kier alpha value is -2.81. The molecule has 0 aliphatic carbocycles. The van der Waals surface area contributed by atoms with Crippen molar-refractivity contribution in [3.63, 3.8) is 0 Å². The average molecular weight is 486 g/mol. The van der Waals surface area contributed by atoms with Crippen LogP contribution in [0.3, 0.4) is 0 Å². The fraction of sp³-hybridized carbons (Fsp3) is 0.440. The maximum atomic E-state index is 12.9. The quantitative estimate of drug-likeness (QED) is 0.475. The van der Waals surface area contributed by atoms with Gasteiger partial charge in [0.15, 0.2) is 5.82 Å². The molecule has 0 saturated carbocycles. The van der Waals surface area contributed by atoms with Gasteiger partial charge in [0.25, 0.3) is 0 Å². The van der Waals surface area contributed by atoms with Gasteiger partial charge in [0.05, 0.1) is 17.3 Å². The van der Waals surface area contributed by atoms with Crippen LogP contribution in [0.1, 0.15) is 25.3 Å². The number of aryl methyl sites for hydroxylation is 1. The van der Waals surface area contributed by atoms with Crippen LogP contribution in [0.2, 0.25) is 5.02 Å². The third-order valence-electron chi connectivity index (χ3n) is 6.06. The van der Waals surface area contributed by atoms with Gasteiger partial charge in [0.2, 0.25) is 0 Å². The van der Waals surface area contributed by atoms with E-state index in [2.05, 4.69) is 21.0 Å². The van der Waals surface area contributed by atoms with Crippen LogP contribution < -0.4 is 15.3 Å². The van der Waals surface area contributed by atoms with Gasteiger partial charge in [-0.25, -0.2) is 9.48 Å². The van der Waals surface area contributed by atoms with Gasteiger partial charge in [-0.3, -0.25) is 9.47 Å². The molecular formula is C25H32ClN5O3. The van der Waals surface area contributed by atoms with Crippen LogP contribution in [0.5, 0.6) is 5.75 Å². The number of nitrogens with zero attached hydrogens (tertiary/aromatic N) is 5. The lowest BCUT2D eigenvalue weighted by molar-refractivity contribution is 0.179. The number of rotatable bonds is 10. The number of aliphatic hydroxyl groups is 1. The maximum Gasteiger partial charge on any atom is 0.346 e. The summed E-state index contributed by atoms with van der Waals surface area (Å²) in [5.74, 6) is 1.12. The van der Waals surface area contributed by atoms with Gasteiger partial charge in [-0.05, 0) is 37.6 Å². The van der Waals surface area contributed by atoms with Crippen molar-refractivity contribution in [2.45, 2.75) is 32.5 Å². The summed E-state index contributed by atoms with van der Waals surface area (Å²) >= 11 is 6.34. The first kappa shape index (κ1) is 24.3. The minimum atomic E-state index is -0.830. The molecule has 1 unspecified atom stereocenters. The van der Waals surface area contributed by atoms with Crippen molar-refractivity contribution in [2.24, 2.45) is 0 Å². The maximum absolute atomic E-state index is 12.9. The predicted octanol–water partition coefficient (Wildman–Crippen LogP) is 3.04. The van der Waals surface area contributed by atoms with Gasteiger partial charge in [0, 0.05) is 39.3 Å². The fourth-order valence-corrected chi connectivity index (χ4v) is 4.51. The number of aromatic nitrogens is 3. The standard InChI is InChI=1S/C25H32ClN5O3/c1-20(32)24-27-31(25(33)30(24)18-19-34-21-8-3-2-4-9-21)13-7-12-28-14-16-29(17-15-28)23-11-6-5-10-22(23)26/h2-6,8-11,20,32H,7,12-19H2,1H3. The highest BCUT2D eigenvalue weighted by Gasteiger charge is 2.20. The van der Waals surface area contributed by atoms with E-state index in [9.17, 15) is 9.90 Å². The summed E-state index contributed by atoms with van der Waals surface area (Å²) in [6.07, 6.45) is -0.0217. The van der Waals surface area contributed by atoms with E-state index in [4.69, 9.17) is 16.3 Å². The van der Waals surface area contributed by atoms with Crippen molar-refractivity contribution in [1.82, 2.24) is 19.2 Å². The summed E-state index contributed by atoms with van der Waals surface area (Å²) < 4.78 is 8.69. The highest BCUT2D eigenvalue weighted by atomic mass is 35.5. The summed E-state index contributed by atoms with van der Waals surface area (Å²) in [6, 6.07) is 17.4. The van der Waals surface area contributed by atoms with Gasteiger partial charge in [-0.15, -0.1) is 0 Å². The Balaban J connectivity index is 1.28. The van der Waals surface area contributed by atoms with Gasteiger partial charge in [-0.1, -0.05) is 41.9 Å². The molecule has 4 rings (SSSR count). The molecule has 0 bridgehead atoms. The van der Waals surface area contributed by atoms with E-state index in [1.165, 1.54) is 9.25 Å². The van der Waals surface area contributed by atoms with Crippen molar-refractivity contribution in [1.29, 1.82) is 0 Å². The lowest BCUT2D eigenvalue weighted by Crippen LogP contribution is -2.47. The van der Waals surface area contributed by atoms with E-state index in [0.717, 1.165) is 55.6 Å². The van der Waals surface area contributed by atoms with E-state index in [0.29, 0.717) is 25.5 Å². The van der Waals surface area contributed by atoms with Crippen LogP contribution in [0.4, 0.5) is 5.69 Å². The van der Waals surface area contributed by atoms with Crippen molar-refractivity contribution in [3.05, 3.63) is 75.9 Å². The second-order valence-corrected chi connectivity index (χ2v) is 8.89. The van der Waals surface area contributed by atoms with Crippen LogP contribution >= 0.6 is 11.6 Å². The Labute approximate surface area is 204 Å². The molecule has 1 aromatic heterocycles. The lowest BCUT2D eigenvalue weighted by atomic mass is 10.2. The summed E-state index contributed by atoms with van der Waals surface area (Å²) in [6.45, 7) is 7.42. The van der Waals surface area contributed by atoms with Crippen molar-refractivity contribution in [3.8, 4) is 5.75 Å². The molecule has 1 fully saturated rings. The molecule has 182 valence electrons. The highest BCUT2D eigenvalue weighted by molar-refractivity contribution is 6.33. The number of hydrogen-bond donors (Lipinski definition) is 1. The lowest BCUT2D eigenvalue weighted by Gasteiger charge is -2.36. The molecule has 1 aliphatic rings. The molecule has 1 N–H and O–H groups in total. The van der Waals surface area contributed by atoms with Gasteiger partial charge in [-0.2, -0.15) is 5.10 Å². The minimum absolute atomic E-state index is 0.212. The monoisotopic (exact) mass is 485 g/mol. The Morgan fingerprint density at radius 1 is 1.00 bits per heavy atom. The molecule has 1 atom stereocenters. The molecule has 2 aromatic carbocycles. The number of benzene rings is 2. The van der Waals surface area contributed by atoms with E-state index in [-0.39, 0.29) is 5.69 Å². The first-order valence-corrected chi connectivity index (χ1v) is 12.2. The fourth-order valence-electron chi connectivity index (χ4n) is 4.26. The van der Waals surface area contributed by atoms with E-state index in [1.54, 1.807) is 6.92 Å². The molecule has 2 heterocycles. The van der Waals surface area contributed by atoms with E-state index < -0.39 is 6.10 Å². The third kappa shape index (κ3) is 6.00. The van der Waals surface area contributed by atoms with Crippen LogP contribution in [-0.4, -0.2) is 63.7 Å². The van der Waals surface area contributed by atoms with E-state index in [1.807, 2.05) is 48.5 Å². The summed E-state index contributed by atoms with van der Waals surface area (Å²) in [5, 5.41) is 15.3. The van der Waals surface area contributed by atoms with Crippen molar-refractivity contribution < 1.29 is 9.84 Å². The smallest absolute Gasteiger partial charge is 0.346 e. The Morgan fingerprint density at radius 3 is 2.41 bits per heavy atom. The number of piperazine rings is 1. The molecule has 0 radical (unpaired) electrons. The molecule has 3 aromatic rings. The number of anilines is 1. The topological polar surface area (TPSA) is 75.8 Å². The Kier molecular flexibility index (Phi) is 8.26. The van der Waals surface area contributed by atoms with Crippen LogP contribution in [0.25, 0.3) is 0 Å². The number of para-hydroxylation sites is 2. The van der Waals surface area contributed by atoms with Gasteiger partial charge < -0.3 is 14.7 Å². The molecular weight excluding hydrogens is 454 g/mol. The van der Waals surface area contributed by atoms with E-state index >= 15 is 0 Å². The number of halogens is 1. The van der Waals surface area contributed by atoms with Crippen molar-refractivity contribution in [2.75, 3.05) is 44.2 Å². The Morgan fingerprint density at radius 2 is 1.71 bits per heavy atom. The minimum Gasteiger partial charge on any atom is -0.492 e. The normalized spacial score (nSPS) is 15.4. The predicted molar refractivity (Wildman–Crippen MR) is 134 cm³/mol. The first-order chi connectivity index (χ1) is 16.5. The number of ether oxygens (including phenoxy) is 1. The Bertz CT molecular complexity index is 1110. The summed E-state index contributed by atoms with van der Waals surface area (Å²) in [7, 11) is 0.